The fraction of sp³-hybridized carbons (Fsp3) is 0.273. The Balaban J connectivity index is 1.86. The zero-order valence-electron chi connectivity index (χ0n) is 17.8. The number of hydrogen-bond donors (Lipinski definition) is 2. The number of amides is 1. The number of nitrogens with one attached hydrogen (secondary N) is 2. The van der Waals surface area contributed by atoms with Crippen molar-refractivity contribution in [3.05, 3.63) is 64.7 Å². The summed E-state index contributed by atoms with van der Waals surface area (Å²) in [6.45, 7) is 6.06. The molecule has 3 aromatic rings. The smallest absolute Gasteiger partial charge is 0.265 e. The number of aromatic nitrogens is 1. The Morgan fingerprint density at radius 1 is 1.16 bits per heavy atom. The summed E-state index contributed by atoms with van der Waals surface area (Å²) in [7, 11) is -2.60. The molecule has 0 aliphatic heterocycles. The van der Waals surface area contributed by atoms with Gasteiger partial charge in [-0.3, -0.25) is 14.8 Å². The topological polar surface area (TPSA) is 97.4 Å². The molecule has 3 rings (SSSR count). The molecule has 2 aromatic carbocycles. The van der Waals surface area contributed by atoms with Crippen molar-refractivity contribution in [3.63, 3.8) is 0 Å². The van der Waals surface area contributed by atoms with Gasteiger partial charge in [0.25, 0.3) is 15.9 Å². The summed E-state index contributed by atoms with van der Waals surface area (Å²) in [5.41, 5.74) is 2.60. The highest BCUT2D eigenvalue weighted by Crippen LogP contribution is 2.28. The van der Waals surface area contributed by atoms with E-state index in [1.54, 1.807) is 12.1 Å². The van der Waals surface area contributed by atoms with Crippen LogP contribution in [-0.4, -0.2) is 26.4 Å². The van der Waals surface area contributed by atoms with Gasteiger partial charge in [0.15, 0.2) is 5.13 Å². The number of hydrogen-bond acceptors (Lipinski definition) is 6. The van der Waals surface area contributed by atoms with E-state index in [0.717, 1.165) is 17.7 Å². The Labute approximate surface area is 186 Å². The lowest BCUT2D eigenvalue weighted by Crippen LogP contribution is -2.17. The number of anilines is 2. The molecular weight excluding hydrogens is 434 g/mol. The maximum Gasteiger partial charge on any atom is 0.265 e. The van der Waals surface area contributed by atoms with Crippen LogP contribution < -0.4 is 14.8 Å². The van der Waals surface area contributed by atoms with E-state index >= 15 is 0 Å². The second-order valence-corrected chi connectivity index (χ2v) is 9.72. The van der Waals surface area contributed by atoms with Crippen LogP contribution in [0.15, 0.2) is 52.7 Å². The number of methoxy groups -OCH3 is 1. The number of ether oxygens (including phenoxy) is 1. The summed E-state index contributed by atoms with van der Waals surface area (Å²) in [4.78, 5) is 17.0. The third-order valence-corrected chi connectivity index (χ3v) is 6.84. The van der Waals surface area contributed by atoms with E-state index in [1.165, 1.54) is 36.6 Å². The van der Waals surface area contributed by atoms with E-state index in [0.29, 0.717) is 10.8 Å². The van der Waals surface area contributed by atoms with Crippen LogP contribution in [0.5, 0.6) is 5.75 Å². The van der Waals surface area contributed by atoms with E-state index in [4.69, 9.17) is 4.74 Å². The monoisotopic (exact) mass is 459 g/mol. The van der Waals surface area contributed by atoms with Crippen LogP contribution >= 0.6 is 11.3 Å². The first-order valence-corrected chi connectivity index (χ1v) is 12.2. The Morgan fingerprint density at radius 3 is 2.45 bits per heavy atom. The van der Waals surface area contributed by atoms with Gasteiger partial charge in [-0.05, 0) is 48.2 Å². The fourth-order valence-electron chi connectivity index (χ4n) is 2.82. The lowest BCUT2D eigenvalue weighted by molar-refractivity contribution is 0.102. The van der Waals surface area contributed by atoms with E-state index < -0.39 is 15.9 Å². The first-order valence-electron chi connectivity index (χ1n) is 9.80. The second-order valence-electron chi connectivity index (χ2n) is 7.21. The van der Waals surface area contributed by atoms with Crippen molar-refractivity contribution in [3.8, 4) is 5.75 Å². The van der Waals surface area contributed by atoms with Crippen molar-refractivity contribution < 1.29 is 17.9 Å². The molecule has 0 atom stereocenters. The zero-order valence-corrected chi connectivity index (χ0v) is 19.4. The van der Waals surface area contributed by atoms with Crippen molar-refractivity contribution in [2.75, 3.05) is 17.1 Å². The Hall–Kier alpha value is -2.91. The van der Waals surface area contributed by atoms with Gasteiger partial charge in [0.2, 0.25) is 0 Å². The van der Waals surface area contributed by atoms with Crippen LogP contribution in [-0.2, 0) is 16.4 Å². The third kappa shape index (κ3) is 5.42. The molecule has 0 fully saturated rings. The van der Waals surface area contributed by atoms with Gasteiger partial charge in [-0.2, -0.15) is 0 Å². The molecule has 0 aliphatic carbocycles. The summed E-state index contributed by atoms with van der Waals surface area (Å²) in [5, 5.41) is 5.07. The molecule has 9 heteroatoms. The van der Waals surface area contributed by atoms with E-state index in [2.05, 4.69) is 15.0 Å². The van der Waals surface area contributed by atoms with Gasteiger partial charge in [-0.25, -0.2) is 13.4 Å². The maximum atomic E-state index is 13.0. The van der Waals surface area contributed by atoms with Gasteiger partial charge < -0.3 is 4.74 Å². The minimum absolute atomic E-state index is 0.121. The quantitative estimate of drug-likeness (QED) is 0.500. The normalized spacial score (nSPS) is 11.4. The number of nitrogens with zero attached hydrogens (tertiary/aromatic N) is 1. The molecule has 164 valence electrons. The summed E-state index contributed by atoms with van der Waals surface area (Å²) < 4.78 is 33.8. The van der Waals surface area contributed by atoms with Gasteiger partial charge in [0.1, 0.15) is 10.6 Å². The molecule has 7 nitrogen and oxygen atoms in total. The van der Waals surface area contributed by atoms with Crippen LogP contribution in [0.1, 0.15) is 48.3 Å². The number of benzene rings is 2. The van der Waals surface area contributed by atoms with Gasteiger partial charge in [0, 0.05) is 16.6 Å². The van der Waals surface area contributed by atoms with Crippen LogP contribution in [0.25, 0.3) is 0 Å². The molecule has 0 saturated heterocycles. The number of carbonyl (C=O) groups is 1. The van der Waals surface area contributed by atoms with Crippen LogP contribution in [0, 0.1) is 0 Å². The number of thiazole rings is 1. The molecule has 31 heavy (non-hydrogen) atoms. The average molecular weight is 460 g/mol. The van der Waals surface area contributed by atoms with Gasteiger partial charge in [-0.1, -0.05) is 32.9 Å². The highest BCUT2D eigenvalue weighted by atomic mass is 32.2. The molecular formula is C22H25N3O4S2. The molecule has 1 heterocycles. The van der Waals surface area contributed by atoms with Gasteiger partial charge in [0.05, 0.1) is 12.8 Å². The van der Waals surface area contributed by atoms with E-state index in [1.807, 2.05) is 38.3 Å². The summed E-state index contributed by atoms with van der Waals surface area (Å²) >= 11 is 1.32. The number of rotatable bonds is 8. The molecule has 2 N–H and O–H groups in total. The lowest BCUT2D eigenvalue weighted by Gasteiger charge is -2.13. The zero-order chi connectivity index (χ0) is 22.6. The Morgan fingerprint density at radius 2 is 1.87 bits per heavy atom. The Bertz CT molecular complexity index is 1170. The first kappa shape index (κ1) is 22.8. The molecule has 0 spiro atoms. The molecule has 1 aromatic heterocycles. The lowest BCUT2D eigenvalue weighted by atomic mass is 10.2. The molecule has 0 unspecified atom stereocenters. The Kier molecular flexibility index (Phi) is 6.97. The van der Waals surface area contributed by atoms with Crippen molar-refractivity contribution in [1.29, 1.82) is 0 Å². The molecule has 0 radical (unpaired) electrons. The number of carbonyl (C=O) groups excluding carboxylic acids is 1. The van der Waals surface area contributed by atoms with Crippen molar-refractivity contribution in [2.45, 2.75) is 38.0 Å². The second kappa shape index (κ2) is 9.49. The SMILES string of the molecule is CCc1ccc(NS(=O)(=O)c2cc(C(=O)Nc3nc(C(C)C)cs3)ccc2OC)cc1. The largest absolute Gasteiger partial charge is 0.495 e. The van der Waals surface area contributed by atoms with E-state index in [-0.39, 0.29) is 22.1 Å². The minimum atomic E-state index is -3.98. The highest BCUT2D eigenvalue weighted by molar-refractivity contribution is 7.92. The van der Waals surface area contributed by atoms with Crippen molar-refractivity contribution in [2.24, 2.45) is 0 Å². The standard InChI is InChI=1S/C22H25N3O4S2/c1-5-15-6-9-17(10-7-15)25-31(27,28)20-12-16(8-11-19(20)29-4)21(26)24-22-23-18(13-30-22)14(2)3/h6-14,25H,5H2,1-4H3,(H,23,24,26). The van der Waals surface area contributed by atoms with Gasteiger partial charge in [-0.15, -0.1) is 11.3 Å². The van der Waals surface area contributed by atoms with Crippen LogP contribution in [0.2, 0.25) is 0 Å². The molecule has 1 amide bonds. The van der Waals surface area contributed by atoms with E-state index in [9.17, 15) is 13.2 Å². The van der Waals surface area contributed by atoms with Crippen LogP contribution in [0.4, 0.5) is 10.8 Å². The van der Waals surface area contributed by atoms with Crippen LogP contribution in [0.3, 0.4) is 0 Å². The van der Waals surface area contributed by atoms with Gasteiger partial charge >= 0.3 is 0 Å². The maximum absolute atomic E-state index is 13.0. The first-order chi connectivity index (χ1) is 14.7. The predicted molar refractivity (Wildman–Crippen MR) is 124 cm³/mol. The van der Waals surface area contributed by atoms with Crippen molar-refractivity contribution in [1.82, 2.24) is 4.98 Å². The molecule has 0 aliphatic rings. The fourth-order valence-corrected chi connectivity index (χ4v) is 4.95. The predicted octanol–water partition coefficient (Wildman–Crippen LogP) is 4.89. The number of aryl methyl sites for hydroxylation is 1. The molecule has 0 bridgehead atoms. The number of sulfonamides is 1. The van der Waals surface area contributed by atoms with Crippen molar-refractivity contribution >= 4 is 38.1 Å². The third-order valence-electron chi connectivity index (χ3n) is 4.66. The summed E-state index contributed by atoms with van der Waals surface area (Å²) in [6, 6.07) is 11.4. The summed E-state index contributed by atoms with van der Waals surface area (Å²) in [6.07, 6.45) is 0.857. The average Bonchev–Trinajstić information content (AvgIpc) is 3.22. The minimum Gasteiger partial charge on any atom is -0.495 e. The highest BCUT2D eigenvalue weighted by Gasteiger charge is 2.22. The summed E-state index contributed by atoms with van der Waals surface area (Å²) in [5.74, 6) is -0.0567. The molecule has 0 saturated carbocycles.